The highest BCUT2D eigenvalue weighted by Crippen LogP contribution is 2.26. The molecule has 2 aromatic carbocycles. The largest absolute Gasteiger partial charge is 0.477 e. The lowest BCUT2D eigenvalue weighted by Crippen LogP contribution is -2.28. The SMILES string of the molecule is O=C1N[C@@H](Cc2ccc(Nc3ncc4c(=O)c(C(=O)O)cn(-c5ccc6c(c5)CCC6)c4n3)cc2)CO1. The number of nitrogens with one attached hydrogen (secondary N) is 2. The first-order valence-electron chi connectivity index (χ1n) is 12.0. The molecule has 10 nitrogen and oxygen atoms in total. The van der Waals surface area contributed by atoms with E-state index < -0.39 is 17.5 Å². The number of pyridine rings is 1. The Balaban J connectivity index is 1.34. The molecule has 1 aliphatic carbocycles. The number of carbonyl (C=O) groups excluding carboxylic acids is 1. The number of alkyl carbamates (subject to hydrolysis) is 1. The summed E-state index contributed by atoms with van der Waals surface area (Å²) in [6.45, 7) is 0.347. The number of hydrogen-bond acceptors (Lipinski definition) is 7. The van der Waals surface area contributed by atoms with Gasteiger partial charge in [-0.15, -0.1) is 0 Å². The molecule has 0 unspecified atom stereocenters. The Hall–Kier alpha value is -4.73. The molecular formula is C27H23N5O5. The van der Waals surface area contributed by atoms with Gasteiger partial charge in [-0.25, -0.2) is 14.6 Å². The smallest absolute Gasteiger partial charge is 0.407 e. The number of benzene rings is 2. The van der Waals surface area contributed by atoms with Crippen molar-refractivity contribution in [2.45, 2.75) is 31.7 Å². The van der Waals surface area contributed by atoms with E-state index in [4.69, 9.17) is 4.74 Å². The second kappa shape index (κ2) is 9.05. The lowest BCUT2D eigenvalue weighted by atomic mass is 10.1. The van der Waals surface area contributed by atoms with Gasteiger partial charge in [0.1, 0.15) is 12.2 Å². The number of aryl methyl sites for hydroxylation is 2. The lowest BCUT2D eigenvalue weighted by molar-refractivity contribution is 0.0695. The summed E-state index contributed by atoms with van der Waals surface area (Å²) in [6, 6.07) is 13.6. The second-order valence-electron chi connectivity index (χ2n) is 9.25. The number of anilines is 2. The van der Waals surface area contributed by atoms with Crippen LogP contribution in [0.2, 0.25) is 0 Å². The van der Waals surface area contributed by atoms with E-state index in [1.165, 1.54) is 23.5 Å². The molecule has 1 aliphatic heterocycles. The van der Waals surface area contributed by atoms with Crippen LogP contribution in [-0.4, -0.2) is 44.4 Å². The van der Waals surface area contributed by atoms with Crippen molar-refractivity contribution < 1.29 is 19.4 Å². The number of fused-ring (bicyclic) bond motifs is 2. The predicted molar refractivity (Wildman–Crippen MR) is 136 cm³/mol. The summed E-state index contributed by atoms with van der Waals surface area (Å²) in [7, 11) is 0. The summed E-state index contributed by atoms with van der Waals surface area (Å²) in [4.78, 5) is 44.8. The van der Waals surface area contributed by atoms with Gasteiger partial charge >= 0.3 is 12.1 Å². The van der Waals surface area contributed by atoms with Gasteiger partial charge in [-0.3, -0.25) is 4.79 Å². The minimum Gasteiger partial charge on any atom is -0.477 e. The molecule has 0 radical (unpaired) electrons. The number of nitrogens with zero attached hydrogens (tertiary/aromatic N) is 3. The fourth-order valence-corrected chi connectivity index (χ4v) is 4.90. The summed E-state index contributed by atoms with van der Waals surface area (Å²) in [6.07, 6.45) is 6.02. The molecule has 3 N–H and O–H groups in total. The van der Waals surface area contributed by atoms with Gasteiger partial charge in [0.05, 0.1) is 11.4 Å². The van der Waals surface area contributed by atoms with Crippen molar-refractivity contribution >= 4 is 34.7 Å². The predicted octanol–water partition coefficient (Wildman–Crippen LogP) is 3.36. The molecule has 0 spiro atoms. The highest BCUT2D eigenvalue weighted by atomic mass is 16.6. The van der Waals surface area contributed by atoms with Crippen molar-refractivity contribution in [3.05, 3.63) is 87.3 Å². The quantitative estimate of drug-likeness (QED) is 0.369. The van der Waals surface area contributed by atoms with Crippen LogP contribution in [0.25, 0.3) is 16.7 Å². The fourth-order valence-electron chi connectivity index (χ4n) is 4.90. The molecule has 2 aliphatic rings. The van der Waals surface area contributed by atoms with Gasteiger partial charge in [-0.2, -0.15) is 4.98 Å². The van der Waals surface area contributed by atoms with Crippen LogP contribution >= 0.6 is 0 Å². The third-order valence-corrected chi connectivity index (χ3v) is 6.76. The van der Waals surface area contributed by atoms with Crippen molar-refractivity contribution in [2.75, 3.05) is 11.9 Å². The number of aromatic carboxylic acids is 1. The van der Waals surface area contributed by atoms with E-state index in [9.17, 15) is 19.5 Å². The third-order valence-electron chi connectivity index (χ3n) is 6.76. The van der Waals surface area contributed by atoms with Crippen LogP contribution in [0, 0.1) is 0 Å². The molecule has 3 heterocycles. The molecule has 4 aromatic rings. The summed E-state index contributed by atoms with van der Waals surface area (Å²) in [5.74, 6) is -1.03. The topological polar surface area (TPSA) is 135 Å². The van der Waals surface area contributed by atoms with E-state index in [-0.39, 0.29) is 22.9 Å². The van der Waals surface area contributed by atoms with Crippen LogP contribution in [0.1, 0.15) is 33.5 Å². The number of aromatic nitrogens is 3. The zero-order valence-electron chi connectivity index (χ0n) is 19.7. The van der Waals surface area contributed by atoms with E-state index >= 15 is 0 Å². The second-order valence-corrected chi connectivity index (χ2v) is 9.25. The Labute approximate surface area is 210 Å². The molecule has 0 bridgehead atoms. The number of carboxylic acids is 1. The summed E-state index contributed by atoms with van der Waals surface area (Å²) in [5, 5.41) is 15.7. The number of carbonyl (C=O) groups is 2. The molecule has 1 atom stereocenters. The van der Waals surface area contributed by atoms with Crippen LogP contribution < -0.4 is 16.1 Å². The standard InChI is InChI=1S/C27H23N5O5/c33-23-21-12-28-26(29-18-7-4-15(5-8-18)10-19-14-37-27(36)30-19)31-24(21)32(13-22(23)25(34)35)20-9-6-16-2-1-3-17(16)11-20/h4-9,11-13,19H,1-3,10,14H2,(H,30,36)(H,34,35)(H,28,29,31)/t19-/m0/s1. The third kappa shape index (κ3) is 4.37. The Morgan fingerprint density at radius 3 is 2.70 bits per heavy atom. The number of cyclic esters (lactones) is 1. The lowest BCUT2D eigenvalue weighted by Gasteiger charge is -2.14. The molecular weight excluding hydrogens is 474 g/mol. The monoisotopic (exact) mass is 497 g/mol. The van der Waals surface area contributed by atoms with Crippen LogP contribution in [0.4, 0.5) is 16.4 Å². The van der Waals surface area contributed by atoms with E-state index in [2.05, 4.69) is 20.6 Å². The molecule has 6 rings (SSSR count). The Kier molecular flexibility index (Phi) is 5.56. The van der Waals surface area contributed by atoms with E-state index in [1.807, 2.05) is 42.5 Å². The zero-order chi connectivity index (χ0) is 25.5. The fraction of sp³-hybridized carbons (Fsp3) is 0.222. The van der Waals surface area contributed by atoms with Crippen molar-refractivity contribution in [3.8, 4) is 5.69 Å². The average molecular weight is 498 g/mol. The number of amides is 1. The number of ether oxygens (including phenoxy) is 1. The molecule has 1 saturated heterocycles. The number of carboxylic acid groups (broad SMARTS) is 1. The van der Waals surface area contributed by atoms with E-state index in [0.29, 0.717) is 18.7 Å². The van der Waals surface area contributed by atoms with Crippen molar-refractivity contribution in [3.63, 3.8) is 0 Å². The summed E-state index contributed by atoms with van der Waals surface area (Å²) < 4.78 is 6.58. The Bertz CT molecular complexity index is 1610. The van der Waals surface area contributed by atoms with Crippen molar-refractivity contribution in [1.29, 1.82) is 0 Å². The minimum absolute atomic E-state index is 0.0539. The number of hydrogen-bond donors (Lipinski definition) is 3. The molecule has 186 valence electrons. The summed E-state index contributed by atoms with van der Waals surface area (Å²) in [5.41, 5.74) is 4.38. The maximum Gasteiger partial charge on any atom is 0.407 e. The maximum absolute atomic E-state index is 12.9. The van der Waals surface area contributed by atoms with Gasteiger partial charge in [-0.05, 0) is 66.6 Å². The van der Waals surface area contributed by atoms with Gasteiger partial charge in [0.15, 0.2) is 5.65 Å². The molecule has 10 heteroatoms. The molecule has 1 amide bonds. The normalized spacial score (nSPS) is 16.3. The Morgan fingerprint density at radius 2 is 1.95 bits per heavy atom. The van der Waals surface area contributed by atoms with Crippen LogP contribution in [0.15, 0.2) is 59.7 Å². The van der Waals surface area contributed by atoms with Gasteiger partial charge in [-0.1, -0.05) is 18.2 Å². The first kappa shape index (κ1) is 22.7. The highest BCUT2D eigenvalue weighted by Gasteiger charge is 2.22. The molecule has 1 fully saturated rings. The van der Waals surface area contributed by atoms with Crippen molar-refractivity contribution in [2.24, 2.45) is 0 Å². The molecule has 37 heavy (non-hydrogen) atoms. The van der Waals surface area contributed by atoms with Crippen molar-refractivity contribution in [1.82, 2.24) is 19.9 Å². The van der Waals surface area contributed by atoms with Gasteiger partial charge in [0.2, 0.25) is 11.4 Å². The van der Waals surface area contributed by atoms with Gasteiger partial charge < -0.3 is 25.0 Å². The van der Waals surface area contributed by atoms with E-state index in [1.54, 1.807) is 4.57 Å². The average Bonchev–Trinajstić information content (AvgIpc) is 3.53. The first-order chi connectivity index (χ1) is 17.9. The van der Waals surface area contributed by atoms with Crippen LogP contribution in [-0.2, 0) is 24.0 Å². The van der Waals surface area contributed by atoms with Crippen LogP contribution in [0.5, 0.6) is 0 Å². The number of rotatable bonds is 6. The van der Waals surface area contributed by atoms with Gasteiger partial charge in [0, 0.05) is 23.8 Å². The minimum atomic E-state index is -1.30. The first-order valence-corrected chi connectivity index (χ1v) is 12.0. The Morgan fingerprint density at radius 1 is 1.14 bits per heavy atom. The zero-order valence-corrected chi connectivity index (χ0v) is 19.7. The summed E-state index contributed by atoms with van der Waals surface area (Å²) >= 11 is 0. The maximum atomic E-state index is 12.9. The molecule has 2 aromatic heterocycles. The van der Waals surface area contributed by atoms with Gasteiger partial charge in [0.25, 0.3) is 0 Å². The molecule has 0 saturated carbocycles. The van der Waals surface area contributed by atoms with Crippen LogP contribution in [0.3, 0.4) is 0 Å². The van der Waals surface area contributed by atoms with E-state index in [0.717, 1.165) is 36.2 Å². The highest BCUT2D eigenvalue weighted by molar-refractivity contribution is 5.92.